The van der Waals surface area contributed by atoms with Gasteiger partial charge in [0, 0.05) is 18.3 Å². The van der Waals surface area contributed by atoms with Gasteiger partial charge in [-0.05, 0) is 42.9 Å². The van der Waals surface area contributed by atoms with Gasteiger partial charge in [0.2, 0.25) is 5.91 Å². The number of unbranched alkanes of at least 4 members (excludes halogenated alkanes) is 1. The molecule has 3 heteroatoms. The SMILES string of the molecule is CC1(C)CC(NC(=O)CCCCCl)CC(C)(C)C1. The van der Waals surface area contributed by atoms with Crippen molar-refractivity contribution in [1.82, 2.24) is 5.32 Å². The molecule has 1 N–H and O–H groups in total. The minimum Gasteiger partial charge on any atom is -0.353 e. The van der Waals surface area contributed by atoms with Gasteiger partial charge in [0.05, 0.1) is 0 Å². The molecule has 0 saturated heterocycles. The summed E-state index contributed by atoms with van der Waals surface area (Å²) in [5.41, 5.74) is 0.658. The van der Waals surface area contributed by atoms with Gasteiger partial charge < -0.3 is 5.32 Å². The van der Waals surface area contributed by atoms with Crippen LogP contribution < -0.4 is 5.32 Å². The largest absolute Gasteiger partial charge is 0.353 e. The first-order chi connectivity index (χ1) is 8.24. The van der Waals surface area contributed by atoms with Crippen LogP contribution in [0.5, 0.6) is 0 Å². The average Bonchev–Trinajstić information content (AvgIpc) is 2.12. The molecule has 1 amide bonds. The van der Waals surface area contributed by atoms with Crippen molar-refractivity contribution < 1.29 is 4.79 Å². The van der Waals surface area contributed by atoms with Crippen molar-refractivity contribution in [3.05, 3.63) is 0 Å². The zero-order valence-electron chi connectivity index (χ0n) is 12.3. The summed E-state index contributed by atoms with van der Waals surface area (Å²) in [7, 11) is 0. The lowest BCUT2D eigenvalue weighted by molar-refractivity contribution is -0.122. The van der Waals surface area contributed by atoms with Crippen LogP contribution in [0.15, 0.2) is 0 Å². The highest BCUT2D eigenvalue weighted by Gasteiger charge is 2.38. The topological polar surface area (TPSA) is 29.1 Å². The summed E-state index contributed by atoms with van der Waals surface area (Å²) in [6, 6.07) is 0.340. The standard InChI is InChI=1S/C15H28ClNO/c1-14(2)9-12(10-15(3,4)11-14)17-13(18)7-5-6-8-16/h12H,5-11H2,1-4H3,(H,17,18). The molecule has 1 fully saturated rings. The number of carbonyl (C=O) groups is 1. The first-order valence-electron chi connectivity index (χ1n) is 7.09. The molecule has 1 aliphatic rings. The first kappa shape index (κ1) is 15.8. The molecule has 0 aromatic carbocycles. The second-order valence-electron chi connectivity index (χ2n) is 7.32. The van der Waals surface area contributed by atoms with E-state index >= 15 is 0 Å². The summed E-state index contributed by atoms with van der Waals surface area (Å²) in [4.78, 5) is 11.9. The molecule has 0 bridgehead atoms. The van der Waals surface area contributed by atoms with Gasteiger partial charge in [0.15, 0.2) is 0 Å². The van der Waals surface area contributed by atoms with Crippen LogP contribution in [0.1, 0.15) is 66.2 Å². The van der Waals surface area contributed by atoms with Gasteiger partial charge in [-0.3, -0.25) is 4.79 Å². The van der Waals surface area contributed by atoms with E-state index in [-0.39, 0.29) is 5.91 Å². The fourth-order valence-corrected chi connectivity index (χ4v) is 3.82. The molecule has 0 aromatic rings. The summed E-state index contributed by atoms with van der Waals surface area (Å²) in [6.07, 6.45) is 5.86. The van der Waals surface area contributed by atoms with Gasteiger partial charge in [-0.1, -0.05) is 27.7 Å². The Hall–Kier alpha value is -0.240. The van der Waals surface area contributed by atoms with E-state index in [2.05, 4.69) is 33.0 Å². The predicted octanol–water partition coefficient (Wildman–Crippen LogP) is 4.12. The number of alkyl halides is 1. The Morgan fingerprint density at radius 1 is 1.17 bits per heavy atom. The maximum absolute atomic E-state index is 11.9. The predicted molar refractivity (Wildman–Crippen MR) is 77.9 cm³/mol. The molecular formula is C15H28ClNO. The number of hydrogen-bond donors (Lipinski definition) is 1. The van der Waals surface area contributed by atoms with E-state index in [1.165, 1.54) is 6.42 Å². The fraction of sp³-hybridized carbons (Fsp3) is 0.933. The van der Waals surface area contributed by atoms with E-state index in [9.17, 15) is 4.79 Å². The molecule has 106 valence electrons. The lowest BCUT2D eigenvalue weighted by Gasteiger charge is -2.45. The van der Waals surface area contributed by atoms with Crippen LogP contribution in [-0.2, 0) is 4.79 Å². The summed E-state index contributed by atoms with van der Waals surface area (Å²) in [5.74, 6) is 0.843. The Labute approximate surface area is 117 Å². The van der Waals surface area contributed by atoms with Gasteiger partial charge >= 0.3 is 0 Å². The van der Waals surface area contributed by atoms with Crippen molar-refractivity contribution in [1.29, 1.82) is 0 Å². The maximum Gasteiger partial charge on any atom is 0.220 e. The monoisotopic (exact) mass is 273 g/mol. The number of carbonyl (C=O) groups excluding carboxylic acids is 1. The second kappa shape index (κ2) is 6.27. The minimum atomic E-state index is 0.193. The molecule has 0 aliphatic heterocycles. The molecule has 2 nitrogen and oxygen atoms in total. The maximum atomic E-state index is 11.9. The summed E-state index contributed by atoms with van der Waals surface area (Å²) in [5, 5.41) is 3.21. The van der Waals surface area contributed by atoms with Crippen LogP contribution >= 0.6 is 11.6 Å². The molecule has 0 atom stereocenters. The Kier molecular flexibility index (Phi) is 5.51. The third kappa shape index (κ3) is 5.60. The lowest BCUT2D eigenvalue weighted by atomic mass is 9.63. The Morgan fingerprint density at radius 2 is 1.72 bits per heavy atom. The van der Waals surface area contributed by atoms with E-state index in [1.807, 2.05) is 0 Å². The quantitative estimate of drug-likeness (QED) is 0.593. The fourth-order valence-electron chi connectivity index (χ4n) is 3.63. The molecule has 1 saturated carbocycles. The zero-order chi connectivity index (χ0) is 13.8. The van der Waals surface area contributed by atoms with Crippen molar-refractivity contribution in [2.45, 2.75) is 72.3 Å². The third-order valence-electron chi connectivity index (χ3n) is 3.71. The van der Waals surface area contributed by atoms with Gasteiger partial charge in [-0.2, -0.15) is 0 Å². The van der Waals surface area contributed by atoms with Crippen molar-refractivity contribution in [3.63, 3.8) is 0 Å². The average molecular weight is 274 g/mol. The van der Waals surface area contributed by atoms with E-state index in [4.69, 9.17) is 11.6 Å². The molecule has 0 heterocycles. The van der Waals surface area contributed by atoms with E-state index in [1.54, 1.807) is 0 Å². The van der Waals surface area contributed by atoms with Crippen LogP contribution in [0, 0.1) is 10.8 Å². The second-order valence-corrected chi connectivity index (χ2v) is 7.70. The summed E-state index contributed by atoms with van der Waals surface area (Å²) < 4.78 is 0. The van der Waals surface area contributed by atoms with Crippen LogP contribution in [0.2, 0.25) is 0 Å². The van der Waals surface area contributed by atoms with Crippen molar-refractivity contribution in [3.8, 4) is 0 Å². The highest BCUT2D eigenvalue weighted by Crippen LogP contribution is 2.45. The van der Waals surface area contributed by atoms with Crippen LogP contribution in [-0.4, -0.2) is 17.8 Å². The normalized spacial score (nSPS) is 22.7. The van der Waals surface area contributed by atoms with E-state index in [0.29, 0.717) is 29.2 Å². The lowest BCUT2D eigenvalue weighted by Crippen LogP contribution is -2.45. The van der Waals surface area contributed by atoms with Crippen molar-refractivity contribution >= 4 is 17.5 Å². The number of nitrogens with one attached hydrogen (secondary N) is 1. The Bertz CT molecular complexity index is 270. The van der Waals surface area contributed by atoms with Gasteiger partial charge in [-0.25, -0.2) is 0 Å². The van der Waals surface area contributed by atoms with Crippen molar-refractivity contribution in [2.24, 2.45) is 10.8 Å². The number of halogens is 1. The number of rotatable bonds is 5. The number of amides is 1. The molecule has 1 aliphatic carbocycles. The Balaban J connectivity index is 2.44. The summed E-state index contributed by atoms with van der Waals surface area (Å²) in [6.45, 7) is 9.22. The van der Waals surface area contributed by atoms with Gasteiger partial charge in [-0.15, -0.1) is 11.6 Å². The molecule has 0 unspecified atom stereocenters. The molecule has 1 rings (SSSR count). The molecule has 0 spiro atoms. The minimum absolute atomic E-state index is 0.193. The molecular weight excluding hydrogens is 246 g/mol. The van der Waals surface area contributed by atoms with Gasteiger partial charge in [0.1, 0.15) is 0 Å². The van der Waals surface area contributed by atoms with Crippen molar-refractivity contribution in [2.75, 3.05) is 5.88 Å². The van der Waals surface area contributed by atoms with Gasteiger partial charge in [0.25, 0.3) is 0 Å². The Morgan fingerprint density at radius 3 is 2.22 bits per heavy atom. The first-order valence-corrected chi connectivity index (χ1v) is 7.63. The van der Waals surface area contributed by atoms with Crippen LogP contribution in [0.25, 0.3) is 0 Å². The molecule has 0 radical (unpaired) electrons. The zero-order valence-corrected chi connectivity index (χ0v) is 13.1. The molecule has 18 heavy (non-hydrogen) atoms. The van der Waals surface area contributed by atoms with E-state index < -0.39 is 0 Å². The van der Waals surface area contributed by atoms with E-state index in [0.717, 1.165) is 25.7 Å². The summed E-state index contributed by atoms with van der Waals surface area (Å²) >= 11 is 5.62. The smallest absolute Gasteiger partial charge is 0.220 e. The van der Waals surface area contributed by atoms with Crippen LogP contribution in [0.3, 0.4) is 0 Å². The highest BCUT2D eigenvalue weighted by molar-refractivity contribution is 6.17. The number of hydrogen-bond acceptors (Lipinski definition) is 1. The third-order valence-corrected chi connectivity index (χ3v) is 3.97. The molecule has 0 aromatic heterocycles. The van der Waals surface area contributed by atoms with Crippen LogP contribution in [0.4, 0.5) is 0 Å². The highest BCUT2D eigenvalue weighted by atomic mass is 35.5.